The highest BCUT2D eigenvalue weighted by atomic mass is 16.7. The summed E-state index contributed by atoms with van der Waals surface area (Å²) in [4.78, 5) is 16.2. The van der Waals surface area contributed by atoms with E-state index in [2.05, 4.69) is 17.2 Å². The van der Waals surface area contributed by atoms with Gasteiger partial charge in [0.25, 0.3) is 0 Å². The molecule has 0 radical (unpaired) electrons. The molecule has 1 rings (SSSR count). The number of anilines is 1. The van der Waals surface area contributed by atoms with Crippen LogP contribution in [-0.4, -0.2) is 25.3 Å². The quantitative estimate of drug-likeness (QED) is 0.610. The van der Waals surface area contributed by atoms with Crippen LogP contribution in [0.25, 0.3) is 0 Å². The normalized spacial score (nSPS) is 8.94. The van der Waals surface area contributed by atoms with Gasteiger partial charge in [0.15, 0.2) is 0 Å². The Hall–Kier alpha value is -1.99. The van der Waals surface area contributed by atoms with Crippen molar-refractivity contribution in [3.8, 4) is 11.8 Å². The van der Waals surface area contributed by atoms with E-state index in [-0.39, 0.29) is 6.03 Å². The van der Waals surface area contributed by atoms with Crippen molar-refractivity contribution in [2.24, 2.45) is 0 Å². The summed E-state index contributed by atoms with van der Waals surface area (Å²) < 4.78 is 0. The molecule has 0 aromatic heterocycles. The van der Waals surface area contributed by atoms with E-state index in [4.69, 9.17) is 4.84 Å². The summed E-state index contributed by atoms with van der Waals surface area (Å²) in [5, 5.41) is 3.79. The molecule has 84 valence electrons. The van der Waals surface area contributed by atoms with E-state index in [1.165, 1.54) is 14.2 Å². The number of rotatable bonds is 2. The lowest BCUT2D eigenvalue weighted by Crippen LogP contribution is -2.30. The molecule has 0 saturated heterocycles. The van der Waals surface area contributed by atoms with Gasteiger partial charge in [0.05, 0.1) is 7.11 Å². The number of nitrogens with zero attached hydrogens (tertiary/aromatic N) is 1. The molecule has 0 unspecified atom stereocenters. The van der Waals surface area contributed by atoms with Gasteiger partial charge in [0, 0.05) is 18.3 Å². The molecular weight excluding hydrogens is 204 g/mol. The van der Waals surface area contributed by atoms with Gasteiger partial charge >= 0.3 is 6.03 Å². The Balaban J connectivity index is 2.76. The third-order valence-electron chi connectivity index (χ3n) is 1.94. The van der Waals surface area contributed by atoms with Crippen molar-refractivity contribution in [3.63, 3.8) is 0 Å². The van der Waals surface area contributed by atoms with Gasteiger partial charge in [-0.15, -0.1) is 5.92 Å². The van der Waals surface area contributed by atoms with E-state index in [1.807, 2.05) is 12.1 Å². The molecule has 0 heterocycles. The predicted octanol–water partition coefficient (Wildman–Crippen LogP) is 2.08. The summed E-state index contributed by atoms with van der Waals surface area (Å²) in [6, 6.07) is 6.98. The minimum Gasteiger partial charge on any atom is -0.306 e. The van der Waals surface area contributed by atoms with Crippen LogP contribution in [0.2, 0.25) is 0 Å². The first kappa shape index (κ1) is 12.1. The topological polar surface area (TPSA) is 41.6 Å². The second-order valence-electron chi connectivity index (χ2n) is 3.07. The molecule has 0 fully saturated rings. The second kappa shape index (κ2) is 5.79. The first-order valence-electron chi connectivity index (χ1n) is 4.79. The van der Waals surface area contributed by atoms with Crippen molar-refractivity contribution in [1.82, 2.24) is 5.06 Å². The van der Waals surface area contributed by atoms with Gasteiger partial charge in [0.1, 0.15) is 0 Å². The van der Waals surface area contributed by atoms with Gasteiger partial charge in [-0.2, -0.15) is 0 Å². The van der Waals surface area contributed by atoms with Crippen LogP contribution in [0.5, 0.6) is 0 Å². The Labute approximate surface area is 95.2 Å². The van der Waals surface area contributed by atoms with Gasteiger partial charge in [-0.05, 0) is 25.1 Å². The van der Waals surface area contributed by atoms with Gasteiger partial charge < -0.3 is 5.32 Å². The zero-order valence-electron chi connectivity index (χ0n) is 9.57. The van der Waals surface area contributed by atoms with E-state index < -0.39 is 0 Å². The Morgan fingerprint density at radius 1 is 1.50 bits per heavy atom. The predicted molar refractivity (Wildman–Crippen MR) is 62.8 cm³/mol. The van der Waals surface area contributed by atoms with Crippen molar-refractivity contribution in [1.29, 1.82) is 0 Å². The minimum atomic E-state index is -0.330. The third kappa shape index (κ3) is 3.30. The van der Waals surface area contributed by atoms with E-state index in [0.717, 1.165) is 10.6 Å². The Kier molecular flexibility index (Phi) is 4.37. The van der Waals surface area contributed by atoms with Crippen molar-refractivity contribution in [3.05, 3.63) is 29.8 Å². The lowest BCUT2D eigenvalue weighted by molar-refractivity contribution is -0.0598. The fraction of sp³-hybridized carbons (Fsp3) is 0.250. The van der Waals surface area contributed by atoms with Crippen molar-refractivity contribution < 1.29 is 9.63 Å². The molecule has 4 heteroatoms. The van der Waals surface area contributed by atoms with Crippen LogP contribution in [0.1, 0.15) is 12.5 Å². The molecule has 0 spiro atoms. The summed E-state index contributed by atoms with van der Waals surface area (Å²) in [7, 11) is 2.96. The molecule has 1 N–H and O–H groups in total. The Morgan fingerprint density at radius 2 is 2.25 bits per heavy atom. The lowest BCUT2D eigenvalue weighted by Gasteiger charge is -2.14. The first-order chi connectivity index (χ1) is 7.67. The maximum absolute atomic E-state index is 11.5. The Morgan fingerprint density at radius 3 is 2.88 bits per heavy atom. The first-order valence-corrected chi connectivity index (χ1v) is 4.79. The highest BCUT2D eigenvalue weighted by Gasteiger charge is 2.07. The number of benzene rings is 1. The highest BCUT2D eigenvalue weighted by molar-refractivity contribution is 5.88. The van der Waals surface area contributed by atoms with Crippen LogP contribution < -0.4 is 5.32 Å². The van der Waals surface area contributed by atoms with Gasteiger partial charge in [-0.3, -0.25) is 4.84 Å². The highest BCUT2D eigenvalue weighted by Crippen LogP contribution is 2.10. The molecule has 2 amide bonds. The molecule has 1 aromatic rings. The third-order valence-corrected chi connectivity index (χ3v) is 1.94. The zero-order valence-corrected chi connectivity index (χ0v) is 9.57. The number of hydrogen-bond donors (Lipinski definition) is 1. The van der Waals surface area contributed by atoms with Crippen LogP contribution in [0, 0.1) is 11.8 Å². The van der Waals surface area contributed by atoms with Crippen LogP contribution in [0.4, 0.5) is 10.5 Å². The summed E-state index contributed by atoms with van der Waals surface area (Å²) in [6.45, 7) is 1.77. The molecule has 0 aliphatic rings. The van der Waals surface area contributed by atoms with E-state index in [9.17, 15) is 4.79 Å². The molecule has 0 aliphatic carbocycles. The molecule has 0 saturated carbocycles. The molecule has 1 aromatic carbocycles. The number of carbonyl (C=O) groups is 1. The molecule has 0 bridgehead atoms. The minimum absolute atomic E-state index is 0.330. The van der Waals surface area contributed by atoms with Crippen molar-refractivity contribution in [2.45, 2.75) is 6.92 Å². The smallest absolute Gasteiger partial charge is 0.306 e. The molecule has 0 atom stereocenters. The van der Waals surface area contributed by atoms with Crippen molar-refractivity contribution in [2.75, 3.05) is 19.5 Å². The largest absolute Gasteiger partial charge is 0.345 e. The maximum Gasteiger partial charge on any atom is 0.345 e. The molecule has 4 nitrogen and oxygen atoms in total. The zero-order chi connectivity index (χ0) is 12.0. The van der Waals surface area contributed by atoms with E-state index in [0.29, 0.717) is 5.69 Å². The van der Waals surface area contributed by atoms with E-state index in [1.54, 1.807) is 19.1 Å². The Bertz CT molecular complexity index is 432. The standard InChI is InChI=1S/C12H14N2O2/c1-4-6-10-7-5-8-11(9-10)13-12(15)14(2)16-3/h5,7-9H,1-3H3,(H,13,15). The number of carbonyl (C=O) groups excluding carboxylic acids is 1. The number of amides is 2. The van der Waals surface area contributed by atoms with Crippen LogP contribution in [-0.2, 0) is 4.84 Å². The monoisotopic (exact) mass is 218 g/mol. The van der Waals surface area contributed by atoms with Crippen molar-refractivity contribution >= 4 is 11.7 Å². The van der Waals surface area contributed by atoms with Gasteiger partial charge in [-0.25, -0.2) is 9.86 Å². The number of hydrogen-bond acceptors (Lipinski definition) is 2. The fourth-order valence-electron chi connectivity index (χ4n) is 1.10. The van der Waals surface area contributed by atoms with Crippen LogP contribution >= 0.6 is 0 Å². The van der Waals surface area contributed by atoms with E-state index >= 15 is 0 Å². The molecule has 16 heavy (non-hydrogen) atoms. The number of urea groups is 1. The summed E-state index contributed by atoms with van der Waals surface area (Å²) >= 11 is 0. The molecule has 0 aliphatic heterocycles. The van der Waals surface area contributed by atoms with Crippen LogP contribution in [0.3, 0.4) is 0 Å². The lowest BCUT2D eigenvalue weighted by atomic mass is 10.2. The van der Waals surface area contributed by atoms with Gasteiger partial charge in [-0.1, -0.05) is 12.0 Å². The number of hydroxylamine groups is 2. The fourth-order valence-corrected chi connectivity index (χ4v) is 1.10. The second-order valence-corrected chi connectivity index (χ2v) is 3.07. The number of nitrogens with one attached hydrogen (secondary N) is 1. The van der Waals surface area contributed by atoms with Crippen LogP contribution in [0.15, 0.2) is 24.3 Å². The average Bonchev–Trinajstić information content (AvgIpc) is 2.29. The SMILES string of the molecule is CC#Cc1cccc(NC(=O)N(C)OC)c1. The van der Waals surface area contributed by atoms with Gasteiger partial charge in [0.2, 0.25) is 0 Å². The maximum atomic E-state index is 11.5. The summed E-state index contributed by atoms with van der Waals surface area (Å²) in [5.74, 6) is 5.72. The summed E-state index contributed by atoms with van der Waals surface area (Å²) in [5.41, 5.74) is 1.55. The average molecular weight is 218 g/mol. The molecular formula is C12H14N2O2. The summed E-state index contributed by atoms with van der Waals surface area (Å²) in [6.07, 6.45) is 0.